The predicted molar refractivity (Wildman–Crippen MR) is 125 cm³/mol. The van der Waals surface area contributed by atoms with Crippen LogP contribution in [-0.2, 0) is 14.3 Å². The standard InChI is InChI=1S/C25H19ClO3S/c1-2-9-29-30(27,28)25-23-15-22-14-20-11-17-6-4-3-5-16(17)10-19(20)13-21(22)12-18(23)7-8-24(25)26/h3-8,10-15H,2,9H2,1H3. The van der Waals surface area contributed by atoms with Gasteiger partial charge in [-0.25, -0.2) is 0 Å². The lowest BCUT2D eigenvalue weighted by Gasteiger charge is -2.12. The molecule has 5 rings (SSSR count). The second kappa shape index (κ2) is 7.24. The molecule has 0 saturated carbocycles. The summed E-state index contributed by atoms with van der Waals surface area (Å²) in [4.78, 5) is 0.0376. The molecule has 0 amide bonds. The van der Waals surface area contributed by atoms with E-state index in [-0.39, 0.29) is 16.5 Å². The van der Waals surface area contributed by atoms with Crippen molar-refractivity contribution < 1.29 is 12.6 Å². The molecule has 0 aromatic heterocycles. The highest BCUT2D eigenvalue weighted by Crippen LogP contribution is 2.36. The largest absolute Gasteiger partial charge is 0.299 e. The summed E-state index contributed by atoms with van der Waals surface area (Å²) in [6.45, 7) is 1.99. The highest BCUT2D eigenvalue weighted by atomic mass is 35.5. The lowest BCUT2D eigenvalue weighted by molar-refractivity contribution is 0.318. The van der Waals surface area contributed by atoms with E-state index in [9.17, 15) is 8.42 Å². The number of benzene rings is 5. The first-order valence-electron chi connectivity index (χ1n) is 9.84. The van der Waals surface area contributed by atoms with Crippen LogP contribution in [0.1, 0.15) is 13.3 Å². The number of hydrogen-bond acceptors (Lipinski definition) is 3. The SMILES string of the molecule is CCCOS(=O)(=O)c1c(Cl)ccc2cc3cc4cc5ccccc5cc4cc3cc12. The molecule has 0 atom stereocenters. The van der Waals surface area contributed by atoms with Crippen LogP contribution in [0.2, 0.25) is 5.02 Å². The molecule has 30 heavy (non-hydrogen) atoms. The van der Waals surface area contributed by atoms with E-state index >= 15 is 0 Å². The third kappa shape index (κ3) is 3.21. The molecule has 0 N–H and O–H groups in total. The van der Waals surface area contributed by atoms with Crippen molar-refractivity contribution >= 4 is 64.8 Å². The molecule has 0 aliphatic rings. The molecule has 0 saturated heterocycles. The van der Waals surface area contributed by atoms with Gasteiger partial charge < -0.3 is 0 Å². The van der Waals surface area contributed by atoms with Gasteiger partial charge in [-0.2, -0.15) is 8.42 Å². The Labute approximate surface area is 180 Å². The molecule has 0 bridgehead atoms. The van der Waals surface area contributed by atoms with E-state index in [2.05, 4.69) is 36.4 Å². The van der Waals surface area contributed by atoms with Crippen molar-refractivity contribution in [3.05, 3.63) is 77.8 Å². The topological polar surface area (TPSA) is 43.4 Å². The highest BCUT2D eigenvalue weighted by Gasteiger charge is 2.22. The first kappa shape index (κ1) is 19.3. The second-order valence-corrected chi connectivity index (χ2v) is 9.43. The fourth-order valence-corrected chi connectivity index (χ4v) is 5.67. The van der Waals surface area contributed by atoms with E-state index in [4.69, 9.17) is 15.8 Å². The van der Waals surface area contributed by atoms with Crippen LogP contribution >= 0.6 is 11.6 Å². The Hall–Kier alpha value is -2.66. The minimum Gasteiger partial charge on any atom is -0.266 e. The average Bonchev–Trinajstić information content (AvgIpc) is 2.73. The minimum atomic E-state index is -3.95. The van der Waals surface area contributed by atoms with Crippen LogP contribution in [0.4, 0.5) is 0 Å². The number of rotatable bonds is 4. The Kier molecular flexibility index (Phi) is 4.66. The summed E-state index contributed by atoms with van der Waals surface area (Å²) >= 11 is 6.32. The Morgan fingerprint density at radius 2 is 1.27 bits per heavy atom. The van der Waals surface area contributed by atoms with E-state index in [0.29, 0.717) is 11.8 Å². The van der Waals surface area contributed by atoms with Gasteiger partial charge in [0.05, 0.1) is 11.6 Å². The van der Waals surface area contributed by atoms with E-state index in [1.54, 1.807) is 6.07 Å². The molecule has 3 nitrogen and oxygen atoms in total. The Morgan fingerprint density at radius 1 is 0.733 bits per heavy atom. The van der Waals surface area contributed by atoms with Gasteiger partial charge in [-0.05, 0) is 86.6 Å². The predicted octanol–water partition coefficient (Wildman–Crippen LogP) is 7.07. The van der Waals surface area contributed by atoms with Crippen molar-refractivity contribution in [1.29, 1.82) is 0 Å². The van der Waals surface area contributed by atoms with Crippen molar-refractivity contribution in [1.82, 2.24) is 0 Å². The zero-order valence-electron chi connectivity index (χ0n) is 16.4. The molecule has 0 spiro atoms. The summed E-state index contributed by atoms with van der Waals surface area (Å²) in [5, 5.41) is 8.18. The Bertz CT molecular complexity index is 1560. The lowest BCUT2D eigenvalue weighted by atomic mass is 9.97. The number of halogens is 1. The molecule has 0 aliphatic heterocycles. The van der Waals surface area contributed by atoms with Crippen molar-refractivity contribution in [2.24, 2.45) is 0 Å². The van der Waals surface area contributed by atoms with Gasteiger partial charge in [0.15, 0.2) is 0 Å². The maximum atomic E-state index is 12.8. The maximum absolute atomic E-state index is 12.8. The number of hydrogen-bond donors (Lipinski definition) is 0. The normalized spacial score (nSPS) is 12.3. The van der Waals surface area contributed by atoms with Crippen molar-refractivity contribution in [2.75, 3.05) is 6.61 Å². The average molecular weight is 435 g/mol. The summed E-state index contributed by atoms with van der Waals surface area (Å²) in [6.07, 6.45) is 0.602. The third-order valence-corrected chi connectivity index (χ3v) is 7.24. The zero-order chi connectivity index (χ0) is 20.9. The zero-order valence-corrected chi connectivity index (χ0v) is 17.9. The molecule has 0 fully saturated rings. The summed E-state index contributed by atoms with van der Waals surface area (Å²) in [6, 6.07) is 24.2. The van der Waals surface area contributed by atoms with Crippen LogP contribution in [0, 0.1) is 0 Å². The smallest absolute Gasteiger partial charge is 0.266 e. The van der Waals surface area contributed by atoms with E-state index in [0.717, 1.165) is 26.9 Å². The first-order valence-corrected chi connectivity index (χ1v) is 11.6. The van der Waals surface area contributed by atoms with Gasteiger partial charge in [-0.15, -0.1) is 0 Å². The molecule has 5 heteroatoms. The summed E-state index contributed by atoms with van der Waals surface area (Å²) < 4.78 is 30.8. The second-order valence-electron chi connectivity index (χ2n) is 7.47. The Balaban J connectivity index is 1.81. The molecule has 5 aromatic carbocycles. The van der Waals surface area contributed by atoms with Crippen molar-refractivity contribution in [3.8, 4) is 0 Å². The molecular formula is C25H19ClO3S. The lowest BCUT2D eigenvalue weighted by Crippen LogP contribution is -2.08. The molecule has 0 heterocycles. The molecular weight excluding hydrogens is 416 g/mol. The van der Waals surface area contributed by atoms with Crippen LogP contribution in [0.25, 0.3) is 43.1 Å². The molecule has 5 aromatic rings. The molecule has 0 radical (unpaired) electrons. The summed E-state index contributed by atoms with van der Waals surface area (Å²) in [7, 11) is -3.95. The monoisotopic (exact) mass is 434 g/mol. The summed E-state index contributed by atoms with van der Waals surface area (Å²) in [5.74, 6) is 0. The maximum Gasteiger partial charge on any atom is 0.299 e. The van der Waals surface area contributed by atoms with Gasteiger partial charge in [-0.1, -0.05) is 48.9 Å². The molecule has 150 valence electrons. The van der Waals surface area contributed by atoms with Crippen LogP contribution in [0.15, 0.2) is 77.7 Å². The van der Waals surface area contributed by atoms with Gasteiger partial charge in [0.1, 0.15) is 4.90 Å². The van der Waals surface area contributed by atoms with Gasteiger partial charge in [0.25, 0.3) is 10.1 Å². The van der Waals surface area contributed by atoms with Crippen LogP contribution in [0.3, 0.4) is 0 Å². The minimum absolute atomic E-state index is 0.0376. The summed E-state index contributed by atoms with van der Waals surface area (Å²) in [5.41, 5.74) is 0. The van der Waals surface area contributed by atoms with Crippen LogP contribution in [-0.4, -0.2) is 15.0 Å². The fraction of sp³-hybridized carbons (Fsp3) is 0.120. The van der Waals surface area contributed by atoms with Crippen molar-refractivity contribution in [3.63, 3.8) is 0 Å². The van der Waals surface area contributed by atoms with Crippen LogP contribution < -0.4 is 0 Å². The quantitative estimate of drug-likeness (QED) is 0.224. The van der Waals surface area contributed by atoms with Crippen LogP contribution in [0.5, 0.6) is 0 Å². The molecule has 0 aliphatic carbocycles. The van der Waals surface area contributed by atoms with Crippen molar-refractivity contribution in [2.45, 2.75) is 18.2 Å². The fourth-order valence-electron chi connectivity index (χ4n) is 3.97. The van der Waals surface area contributed by atoms with E-state index < -0.39 is 10.1 Å². The Morgan fingerprint density at radius 3 is 1.87 bits per heavy atom. The van der Waals surface area contributed by atoms with Gasteiger partial charge >= 0.3 is 0 Å². The molecule has 0 unspecified atom stereocenters. The van der Waals surface area contributed by atoms with Gasteiger partial charge in [-0.3, -0.25) is 4.18 Å². The van der Waals surface area contributed by atoms with E-state index in [1.807, 2.05) is 37.3 Å². The first-order chi connectivity index (χ1) is 14.5. The third-order valence-electron chi connectivity index (χ3n) is 5.39. The van der Waals surface area contributed by atoms with Gasteiger partial charge in [0.2, 0.25) is 0 Å². The number of fused-ring (bicyclic) bond motifs is 4. The van der Waals surface area contributed by atoms with Gasteiger partial charge in [0, 0.05) is 5.39 Å². The highest BCUT2D eigenvalue weighted by molar-refractivity contribution is 7.87. The van der Waals surface area contributed by atoms with E-state index in [1.165, 1.54) is 10.8 Å².